The fourth-order valence-corrected chi connectivity index (χ4v) is 3.31. The molecule has 0 aliphatic heterocycles. The summed E-state index contributed by atoms with van der Waals surface area (Å²) in [5.74, 6) is 0. The number of hydrogen-bond donors (Lipinski definition) is 2. The van der Waals surface area contributed by atoms with E-state index < -0.39 is 0 Å². The van der Waals surface area contributed by atoms with E-state index in [9.17, 15) is 4.79 Å². The molecule has 0 bridgehead atoms. The highest BCUT2D eigenvalue weighted by Crippen LogP contribution is 2.28. The Balaban J connectivity index is 1.71. The molecule has 6 heteroatoms. The highest BCUT2D eigenvalue weighted by atomic mass is 32.1. The lowest BCUT2D eigenvalue weighted by Crippen LogP contribution is -2.28. The van der Waals surface area contributed by atoms with Crippen LogP contribution in [0, 0.1) is 6.92 Å². The van der Waals surface area contributed by atoms with E-state index in [1.165, 1.54) is 0 Å². The summed E-state index contributed by atoms with van der Waals surface area (Å²) < 4.78 is 0. The monoisotopic (exact) mass is 329 g/mol. The minimum absolute atomic E-state index is 0.215. The van der Waals surface area contributed by atoms with Gasteiger partial charge in [-0.3, -0.25) is 0 Å². The Morgan fingerprint density at radius 2 is 2.05 bits per heavy atom. The number of nitrogens with zero attached hydrogens (tertiary/aromatic N) is 1. The summed E-state index contributed by atoms with van der Waals surface area (Å²) in [7, 11) is 0. The SMILES string of the molecule is Cc1nc(-c2ccccc2NC(=O)NCc2cccs2)cs1. The molecule has 22 heavy (non-hydrogen) atoms. The van der Waals surface area contributed by atoms with Crippen LogP contribution in [0.15, 0.2) is 47.2 Å². The maximum Gasteiger partial charge on any atom is 0.319 e. The van der Waals surface area contributed by atoms with Crippen molar-refractivity contribution in [2.75, 3.05) is 5.32 Å². The number of thiophene rings is 1. The second kappa shape index (κ2) is 6.72. The molecule has 0 atom stereocenters. The molecule has 1 aromatic carbocycles. The number of para-hydroxylation sites is 1. The summed E-state index contributed by atoms with van der Waals surface area (Å²) >= 11 is 3.22. The summed E-state index contributed by atoms with van der Waals surface area (Å²) in [6.45, 7) is 2.50. The van der Waals surface area contributed by atoms with E-state index in [1.807, 2.05) is 54.1 Å². The molecule has 4 nitrogen and oxygen atoms in total. The molecule has 2 heterocycles. The quantitative estimate of drug-likeness (QED) is 0.740. The van der Waals surface area contributed by atoms with Crippen LogP contribution in [0.3, 0.4) is 0 Å². The Labute approximate surface area is 136 Å². The zero-order chi connectivity index (χ0) is 15.4. The summed E-state index contributed by atoms with van der Waals surface area (Å²) in [4.78, 5) is 17.7. The van der Waals surface area contributed by atoms with Crippen molar-refractivity contribution >= 4 is 34.4 Å². The number of thiazole rings is 1. The van der Waals surface area contributed by atoms with Gasteiger partial charge in [-0.1, -0.05) is 24.3 Å². The molecule has 0 saturated heterocycles. The predicted molar refractivity (Wildman–Crippen MR) is 92.5 cm³/mol. The van der Waals surface area contributed by atoms with Gasteiger partial charge in [0, 0.05) is 15.8 Å². The van der Waals surface area contributed by atoms with Gasteiger partial charge >= 0.3 is 6.03 Å². The Kier molecular flexibility index (Phi) is 4.50. The summed E-state index contributed by atoms with van der Waals surface area (Å²) in [5, 5.41) is 10.8. The third kappa shape index (κ3) is 3.52. The van der Waals surface area contributed by atoms with Gasteiger partial charge < -0.3 is 10.6 Å². The van der Waals surface area contributed by atoms with Crippen molar-refractivity contribution in [3.05, 3.63) is 57.0 Å². The Morgan fingerprint density at radius 3 is 2.77 bits per heavy atom. The van der Waals surface area contributed by atoms with Crippen LogP contribution in [0.25, 0.3) is 11.3 Å². The average molecular weight is 329 g/mol. The fourth-order valence-electron chi connectivity index (χ4n) is 2.05. The Morgan fingerprint density at radius 1 is 1.18 bits per heavy atom. The van der Waals surface area contributed by atoms with Crippen LogP contribution in [0.2, 0.25) is 0 Å². The maximum absolute atomic E-state index is 12.1. The normalized spacial score (nSPS) is 10.4. The van der Waals surface area contributed by atoms with Crippen molar-refractivity contribution in [1.29, 1.82) is 0 Å². The average Bonchev–Trinajstić information content (AvgIpc) is 3.17. The summed E-state index contributed by atoms with van der Waals surface area (Å²) in [5.41, 5.74) is 2.58. The van der Waals surface area contributed by atoms with Crippen LogP contribution in [0.5, 0.6) is 0 Å². The third-order valence-corrected chi connectivity index (χ3v) is 4.72. The third-order valence-electron chi connectivity index (χ3n) is 3.07. The number of anilines is 1. The van der Waals surface area contributed by atoms with Crippen molar-refractivity contribution < 1.29 is 4.79 Å². The number of carbonyl (C=O) groups is 1. The van der Waals surface area contributed by atoms with E-state index in [-0.39, 0.29) is 6.03 Å². The van der Waals surface area contributed by atoms with E-state index in [4.69, 9.17) is 0 Å². The number of amides is 2. The first-order valence-electron chi connectivity index (χ1n) is 6.81. The van der Waals surface area contributed by atoms with Gasteiger partial charge in [-0.25, -0.2) is 9.78 Å². The molecule has 0 spiro atoms. The maximum atomic E-state index is 12.1. The van der Waals surface area contributed by atoms with Gasteiger partial charge in [0.2, 0.25) is 0 Å². The van der Waals surface area contributed by atoms with Gasteiger partial charge in [-0.2, -0.15) is 0 Å². The van der Waals surface area contributed by atoms with E-state index in [1.54, 1.807) is 22.7 Å². The molecule has 0 saturated carbocycles. The topological polar surface area (TPSA) is 54.0 Å². The van der Waals surface area contributed by atoms with Crippen LogP contribution < -0.4 is 10.6 Å². The van der Waals surface area contributed by atoms with Crippen molar-refractivity contribution in [3.63, 3.8) is 0 Å². The van der Waals surface area contributed by atoms with E-state index in [0.29, 0.717) is 6.54 Å². The van der Waals surface area contributed by atoms with Crippen LogP contribution in [0.1, 0.15) is 9.88 Å². The molecule has 112 valence electrons. The molecule has 3 aromatic rings. The molecule has 3 rings (SSSR count). The van der Waals surface area contributed by atoms with E-state index in [2.05, 4.69) is 15.6 Å². The highest BCUT2D eigenvalue weighted by Gasteiger charge is 2.10. The first-order chi connectivity index (χ1) is 10.7. The molecule has 0 unspecified atom stereocenters. The Bertz CT molecular complexity index is 765. The fraction of sp³-hybridized carbons (Fsp3) is 0.125. The number of nitrogens with one attached hydrogen (secondary N) is 2. The summed E-state index contributed by atoms with van der Waals surface area (Å²) in [6, 6.07) is 11.4. The first kappa shape index (κ1) is 14.7. The van der Waals surface area contributed by atoms with Gasteiger partial charge in [0.05, 0.1) is 22.9 Å². The second-order valence-corrected chi connectivity index (χ2v) is 6.78. The molecular weight excluding hydrogens is 314 g/mol. The predicted octanol–water partition coefficient (Wildman–Crippen LogP) is 4.50. The number of urea groups is 1. The molecular formula is C16H15N3OS2. The standard InChI is InChI=1S/C16H15N3OS2/c1-11-18-15(10-22-11)13-6-2-3-7-14(13)19-16(20)17-9-12-5-4-8-21-12/h2-8,10H,9H2,1H3,(H2,17,19,20). The van der Waals surface area contributed by atoms with E-state index >= 15 is 0 Å². The van der Waals surface area contributed by atoms with Crippen LogP contribution in [0.4, 0.5) is 10.5 Å². The molecule has 2 aromatic heterocycles. The largest absolute Gasteiger partial charge is 0.333 e. The van der Waals surface area contributed by atoms with Crippen molar-refractivity contribution in [2.24, 2.45) is 0 Å². The zero-order valence-electron chi connectivity index (χ0n) is 12.0. The summed E-state index contributed by atoms with van der Waals surface area (Å²) in [6.07, 6.45) is 0. The minimum Gasteiger partial charge on any atom is -0.333 e. The van der Waals surface area contributed by atoms with Crippen LogP contribution >= 0.6 is 22.7 Å². The van der Waals surface area contributed by atoms with Crippen molar-refractivity contribution in [2.45, 2.75) is 13.5 Å². The lowest BCUT2D eigenvalue weighted by atomic mass is 10.1. The molecule has 0 fully saturated rings. The van der Waals surface area contributed by atoms with Crippen molar-refractivity contribution in [1.82, 2.24) is 10.3 Å². The van der Waals surface area contributed by atoms with Gasteiger partial charge in [0.15, 0.2) is 0 Å². The zero-order valence-corrected chi connectivity index (χ0v) is 13.6. The number of carbonyl (C=O) groups excluding carboxylic acids is 1. The van der Waals surface area contributed by atoms with Gasteiger partial charge in [0.1, 0.15) is 0 Å². The van der Waals surface area contributed by atoms with Gasteiger partial charge in [-0.05, 0) is 24.4 Å². The van der Waals surface area contributed by atoms with E-state index in [0.717, 1.165) is 26.8 Å². The molecule has 0 aliphatic rings. The lowest BCUT2D eigenvalue weighted by molar-refractivity contribution is 0.252. The van der Waals surface area contributed by atoms with Gasteiger partial charge in [-0.15, -0.1) is 22.7 Å². The van der Waals surface area contributed by atoms with Gasteiger partial charge in [0.25, 0.3) is 0 Å². The molecule has 2 amide bonds. The molecule has 0 aliphatic carbocycles. The molecule has 2 N–H and O–H groups in total. The Hall–Kier alpha value is -2.18. The highest BCUT2D eigenvalue weighted by molar-refractivity contribution is 7.10. The van der Waals surface area contributed by atoms with Crippen LogP contribution in [-0.2, 0) is 6.54 Å². The first-order valence-corrected chi connectivity index (χ1v) is 8.57. The smallest absolute Gasteiger partial charge is 0.319 e. The minimum atomic E-state index is -0.215. The number of benzene rings is 1. The lowest BCUT2D eigenvalue weighted by Gasteiger charge is -2.10. The molecule has 0 radical (unpaired) electrons. The number of aromatic nitrogens is 1. The van der Waals surface area contributed by atoms with Crippen molar-refractivity contribution in [3.8, 4) is 11.3 Å². The van der Waals surface area contributed by atoms with Crippen LogP contribution in [-0.4, -0.2) is 11.0 Å². The second-order valence-electron chi connectivity index (χ2n) is 4.68. The number of rotatable bonds is 4. The number of hydrogen-bond acceptors (Lipinski definition) is 4. The number of aryl methyl sites for hydroxylation is 1.